The van der Waals surface area contributed by atoms with Crippen molar-refractivity contribution in [2.24, 2.45) is 0 Å². The second-order valence-electron chi connectivity index (χ2n) is 11.5. The lowest BCUT2D eigenvalue weighted by Gasteiger charge is -2.47. The Morgan fingerprint density at radius 3 is 2.41 bits per heavy atom. The highest BCUT2D eigenvalue weighted by molar-refractivity contribution is 6.30. The van der Waals surface area contributed by atoms with Gasteiger partial charge in [0.05, 0.1) is 34.8 Å². The number of benzene rings is 1. The Balaban J connectivity index is 1.33. The third-order valence-corrected chi connectivity index (χ3v) is 7.72. The molecule has 1 fully saturated rings. The van der Waals surface area contributed by atoms with Gasteiger partial charge in [0.2, 0.25) is 0 Å². The molecule has 39 heavy (non-hydrogen) atoms. The van der Waals surface area contributed by atoms with Gasteiger partial charge in [0.15, 0.2) is 5.69 Å². The van der Waals surface area contributed by atoms with Crippen LogP contribution in [0.3, 0.4) is 0 Å². The normalized spacial score (nSPS) is 18.2. The zero-order valence-electron chi connectivity index (χ0n) is 22.5. The van der Waals surface area contributed by atoms with Crippen LogP contribution in [0, 0.1) is 5.82 Å². The Morgan fingerprint density at radius 1 is 1.03 bits per heavy atom. The molecule has 0 atom stereocenters. The quantitative estimate of drug-likeness (QED) is 0.505. The van der Waals surface area contributed by atoms with Crippen LogP contribution in [0.4, 0.5) is 15.9 Å². The number of carbonyl (C=O) groups excluding carboxylic acids is 1. The maximum Gasteiger partial charge on any atom is 0.307 e. The summed E-state index contributed by atoms with van der Waals surface area (Å²) < 4.78 is 16.1. The Kier molecular flexibility index (Phi) is 6.78. The number of hydrogen-bond acceptors (Lipinski definition) is 6. The molecule has 0 aliphatic carbocycles. The summed E-state index contributed by atoms with van der Waals surface area (Å²) in [6, 6.07) is 10.2. The van der Waals surface area contributed by atoms with Gasteiger partial charge < -0.3 is 19.8 Å². The number of carbonyl (C=O) groups is 2. The molecule has 5 rings (SSSR count). The topological polar surface area (TPSA) is 94.8 Å². The van der Waals surface area contributed by atoms with Crippen molar-refractivity contribution in [2.45, 2.75) is 51.7 Å². The lowest BCUT2D eigenvalue weighted by atomic mass is 9.98. The van der Waals surface area contributed by atoms with Crippen molar-refractivity contribution < 1.29 is 19.1 Å². The van der Waals surface area contributed by atoms with E-state index in [1.807, 2.05) is 49.4 Å². The minimum absolute atomic E-state index is 0.0686. The predicted octanol–water partition coefficient (Wildman–Crippen LogP) is 4.19. The summed E-state index contributed by atoms with van der Waals surface area (Å²) in [6.45, 7) is 10.9. The summed E-state index contributed by atoms with van der Waals surface area (Å²) in [7, 11) is 0. The van der Waals surface area contributed by atoms with Crippen molar-refractivity contribution in [3.8, 4) is 0 Å². The van der Waals surface area contributed by atoms with Gasteiger partial charge >= 0.3 is 5.97 Å². The van der Waals surface area contributed by atoms with E-state index in [1.54, 1.807) is 24.4 Å². The standard InChI is InChI=1S/C28H32ClFN6O3/c1-27(2)16-33(24-8-5-18(14-31-24)11-25(37)38)9-10-35(27)26(39)23-13-20-15-34(17-28(3,4)36(20)32-23)19-6-7-21(29)22(30)12-19/h5-8,12-14H,9-11,15-17H2,1-4H3,(H,37,38). The number of carboxylic acids is 1. The number of aliphatic carboxylic acids is 1. The van der Waals surface area contributed by atoms with Gasteiger partial charge in [-0.05, 0) is 63.6 Å². The average molecular weight is 555 g/mol. The first-order valence-electron chi connectivity index (χ1n) is 12.9. The largest absolute Gasteiger partial charge is 0.481 e. The van der Waals surface area contributed by atoms with Crippen molar-refractivity contribution in [1.29, 1.82) is 0 Å². The molecule has 9 nitrogen and oxygen atoms in total. The molecule has 2 aromatic heterocycles. The van der Waals surface area contributed by atoms with Crippen molar-refractivity contribution in [2.75, 3.05) is 36.0 Å². The van der Waals surface area contributed by atoms with E-state index >= 15 is 0 Å². The molecule has 0 unspecified atom stereocenters. The minimum atomic E-state index is -0.895. The van der Waals surface area contributed by atoms with Gasteiger partial charge in [-0.3, -0.25) is 14.3 Å². The molecule has 1 aromatic carbocycles. The number of carboxylic acid groups (broad SMARTS) is 1. The molecule has 11 heteroatoms. The molecule has 206 valence electrons. The molecule has 2 aliphatic rings. The summed E-state index contributed by atoms with van der Waals surface area (Å²) in [4.78, 5) is 35.2. The Bertz CT molecular complexity index is 1420. The van der Waals surface area contributed by atoms with Crippen LogP contribution < -0.4 is 9.80 Å². The van der Waals surface area contributed by atoms with Crippen molar-refractivity contribution >= 4 is 35.0 Å². The number of fused-ring (bicyclic) bond motifs is 1. The molecule has 2 aliphatic heterocycles. The van der Waals surface area contributed by atoms with Crippen LogP contribution in [0.2, 0.25) is 5.02 Å². The number of piperazine rings is 1. The summed E-state index contributed by atoms with van der Waals surface area (Å²) in [5, 5.41) is 13.8. The van der Waals surface area contributed by atoms with E-state index in [2.05, 4.69) is 14.8 Å². The maximum atomic E-state index is 14.2. The zero-order chi connectivity index (χ0) is 28.1. The van der Waals surface area contributed by atoms with E-state index in [9.17, 15) is 14.0 Å². The van der Waals surface area contributed by atoms with E-state index in [-0.39, 0.29) is 17.4 Å². The SMILES string of the molecule is CC1(C)CN(c2ccc(CC(=O)O)cn2)CCN1C(=O)c1cc2n(n1)C(C)(C)CN(c1ccc(Cl)c(F)c1)C2. The van der Waals surface area contributed by atoms with Gasteiger partial charge in [-0.15, -0.1) is 0 Å². The third kappa shape index (κ3) is 5.30. The van der Waals surface area contributed by atoms with Crippen LogP contribution in [0.25, 0.3) is 0 Å². The number of pyridine rings is 1. The molecule has 1 amide bonds. The number of rotatable bonds is 5. The molecular weight excluding hydrogens is 523 g/mol. The van der Waals surface area contributed by atoms with Crippen molar-refractivity contribution in [3.05, 3.63) is 70.4 Å². The monoisotopic (exact) mass is 554 g/mol. The third-order valence-electron chi connectivity index (χ3n) is 7.41. The smallest absolute Gasteiger partial charge is 0.307 e. The van der Waals surface area contributed by atoms with Crippen molar-refractivity contribution in [3.63, 3.8) is 0 Å². The first-order valence-corrected chi connectivity index (χ1v) is 13.2. The number of nitrogens with zero attached hydrogens (tertiary/aromatic N) is 6. The lowest BCUT2D eigenvalue weighted by molar-refractivity contribution is -0.136. The highest BCUT2D eigenvalue weighted by Gasteiger charge is 2.40. The molecule has 0 bridgehead atoms. The van der Waals surface area contributed by atoms with Crippen LogP contribution in [0.1, 0.15) is 49.4 Å². The summed E-state index contributed by atoms with van der Waals surface area (Å²) in [5.41, 5.74) is 1.72. The second kappa shape index (κ2) is 9.82. The van der Waals surface area contributed by atoms with Crippen LogP contribution >= 0.6 is 11.6 Å². The molecule has 3 aromatic rings. The molecule has 0 radical (unpaired) electrons. The van der Waals surface area contributed by atoms with Gasteiger partial charge in [0.1, 0.15) is 11.6 Å². The van der Waals surface area contributed by atoms with Crippen LogP contribution in [-0.2, 0) is 23.3 Å². The van der Waals surface area contributed by atoms with Gasteiger partial charge in [-0.2, -0.15) is 5.10 Å². The van der Waals surface area contributed by atoms with Crippen molar-refractivity contribution in [1.82, 2.24) is 19.7 Å². The Labute approximate surface area is 231 Å². The van der Waals surface area contributed by atoms with Gasteiger partial charge in [0.25, 0.3) is 5.91 Å². The molecule has 1 saturated heterocycles. The summed E-state index contributed by atoms with van der Waals surface area (Å²) >= 11 is 5.88. The molecule has 4 heterocycles. The van der Waals surface area contributed by atoms with Gasteiger partial charge in [-0.25, -0.2) is 9.37 Å². The number of aromatic nitrogens is 3. The number of anilines is 2. The number of amides is 1. The summed E-state index contributed by atoms with van der Waals surface area (Å²) in [6.07, 6.45) is 1.52. The molecule has 0 spiro atoms. The first-order chi connectivity index (χ1) is 18.3. The highest BCUT2D eigenvalue weighted by Crippen LogP contribution is 2.33. The van der Waals surface area contributed by atoms with E-state index in [0.29, 0.717) is 44.0 Å². The fourth-order valence-corrected chi connectivity index (χ4v) is 5.68. The Morgan fingerprint density at radius 2 is 1.77 bits per heavy atom. The van der Waals surface area contributed by atoms with Crippen LogP contribution in [0.5, 0.6) is 0 Å². The number of hydrogen-bond donors (Lipinski definition) is 1. The average Bonchev–Trinajstić information content (AvgIpc) is 3.30. The van der Waals surface area contributed by atoms with Gasteiger partial charge in [-0.1, -0.05) is 17.7 Å². The van der Waals surface area contributed by atoms with Crippen LogP contribution in [-0.4, -0.2) is 68.4 Å². The first kappa shape index (κ1) is 26.9. The highest BCUT2D eigenvalue weighted by atomic mass is 35.5. The predicted molar refractivity (Wildman–Crippen MR) is 147 cm³/mol. The molecular formula is C28H32ClFN6O3. The number of halogens is 2. The fourth-order valence-electron chi connectivity index (χ4n) is 5.56. The maximum absolute atomic E-state index is 14.2. The van der Waals surface area contributed by atoms with E-state index < -0.39 is 22.9 Å². The summed E-state index contributed by atoms with van der Waals surface area (Å²) in [5.74, 6) is -0.739. The zero-order valence-corrected chi connectivity index (χ0v) is 23.2. The van der Waals surface area contributed by atoms with Crippen LogP contribution in [0.15, 0.2) is 42.6 Å². The molecule has 0 saturated carbocycles. The Hall–Kier alpha value is -3.66. The van der Waals surface area contributed by atoms with E-state index in [4.69, 9.17) is 21.8 Å². The lowest BCUT2D eigenvalue weighted by Crippen LogP contribution is -2.61. The van der Waals surface area contributed by atoms with E-state index in [1.165, 1.54) is 6.07 Å². The van der Waals surface area contributed by atoms with E-state index in [0.717, 1.165) is 17.2 Å². The van der Waals surface area contributed by atoms with Gasteiger partial charge in [0, 0.05) is 38.1 Å². The second-order valence-corrected chi connectivity index (χ2v) is 11.9. The fraction of sp³-hybridized carbons (Fsp3) is 0.429. The minimum Gasteiger partial charge on any atom is -0.481 e. The molecule has 1 N–H and O–H groups in total.